The second-order valence-corrected chi connectivity index (χ2v) is 9.54. The summed E-state index contributed by atoms with van der Waals surface area (Å²) in [4.78, 5) is 14.2. The summed E-state index contributed by atoms with van der Waals surface area (Å²) in [5, 5.41) is 8.88. The Morgan fingerprint density at radius 1 is 1.15 bits per heavy atom. The van der Waals surface area contributed by atoms with Crippen LogP contribution in [0.2, 0.25) is 0 Å². The van der Waals surface area contributed by atoms with Crippen molar-refractivity contribution in [1.29, 1.82) is 0 Å². The predicted molar refractivity (Wildman–Crippen MR) is 97.6 cm³/mol. The lowest BCUT2D eigenvalue weighted by Gasteiger charge is -2.45. The fourth-order valence-corrected chi connectivity index (χ4v) is 6.17. The molecule has 26 heavy (non-hydrogen) atoms. The van der Waals surface area contributed by atoms with Crippen LogP contribution in [-0.4, -0.2) is 51.4 Å². The van der Waals surface area contributed by atoms with E-state index in [4.69, 9.17) is 5.11 Å². The fraction of sp³-hybridized carbons (Fsp3) is 0.833. The number of carboxylic acids is 1. The largest absolute Gasteiger partial charge is 0.481 e. The first kappa shape index (κ1) is 19.5. The summed E-state index contributed by atoms with van der Waals surface area (Å²) < 4.78 is 34.2. The molecule has 0 bridgehead atoms. The Kier molecular flexibility index (Phi) is 5.81. The molecule has 0 aromatic carbocycles. The van der Waals surface area contributed by atoms with Crippen LogP contribution in [0.3, 0.4) is 0 Å². The standard InChI is InChI=1S/C18H30N2O5S/c1-13(6-9-17(21)22)19-10-11-20(18(19)26(23,24)25)16-8-7-14-4-2-3-5-15(14)12-16/h10-11,13-16,18H,2-9,12H2,1H3,(H,21,22)(H,23,24,25). The molecule has 7 nitrogen and oxygen atoms in total. The topological polar surface area (TPSA) is 98.2 Å². The molecule has 3 aliphatic rings. The van der Waals surface area contributed by atoms with Crippen LogP contribution >= 0.6 is 0 Å². The van der Waals surface area contributed by atoms with Gasteiger partial charge in [-0.3, -0.25) is 9.35 Å². The number of hydrogen-bond acceptors (Lipinski definition) is 5. The summed E-state index contributed by atoms with van der Waals surface area (Å²) in [6.45, 7) is 1.80. The maximum atomic E-state index is 12.1. The van der Waals surface area contributed by atoms with Crippen molar-refractivity contribution in [3.63, 3.8) is 0 Å². The summed E-state index contributed by atoms with van der Waals surface area (Å²) in [5.74, 6) is 0.508. The van der Waals surface area contributed by atoms with E-state index < -0.39 is 21.6 Å². The first-order chi connectivity index (χ1) is 12.3. The van der Waals surface area contributed by atoms with Crippen LogP contribution in [0.1, 0.15) is 64.7 Å². The lowest BCUT2D eigenvalue weighted by atomic mass is 9.69. The molecule has 5 unspecified atom stereocenters. The molecule has 0 radical (unpaired) electrons. The lowest BCUT2D eigenvalue weighted by Crippen LogP contribution is -2.52. The highest BCUT2D eigenvalue weighted by Crippen LogP contribution is 2.43. The van der Waals surface area contributed by atoms with Crippen LogP contribution in [0.4, 0.5) is 0 Å². The van der Waals surface area contributed by atoms with Crippen molar-refractivity contribution in [3.05, 3.63) is 12.4 Å². The van der Waals surface area contributed by atoms with Gasteiger partial charge < -0.3 is 14.9 Å². The van der Waals surface area contributed by atoms with Gasteiger partial charge in [-0.1, -0.05) is 25.7 Å². The molecule has 0 amide bonds. The Bertz CT molecular complexity index is 650. The number of carbonyl (C=O) groups is 1. The van der Waals surface area contributed by atoms with E-state index in [-0.39, 0.29) is 18.5 Å². The molecule has 1 aliphatic heterocycles. The Labute approximate surface area is 155 Å². The van der Waals surface area contributed by atoms with E-state index in [1.807, 2.05) is 0 Å². The predicted octanol–water partition coefficient (Wildman–Crippen LogP) is 2.86. The van der Waals surface area contributed by atoms with Crippen LogP contribution in [0.25, 0.3) is 0 Å². The minimum Gasteiger partial charge on any atom is -0.481 e. The molecule has 148 valence electrons. The Balaban J connectivity index is 1.73. The molecule has 8 heteroatoms. The van der Waals surface area contributed by atoms with E-state index in [1.165, 1.54) is 25.7 Å². The zero-order chi connectivity index (χ0) is 18.9. The Hall–Kier alpha value is -1.28. The van der Waals surface area contributed by atoms with Gasteiger partial charge >= 0.3 is 16.1 Å². The van der Waals surface area contributed by atoms with Crippen LogP contribution in [0, 0.1) is 11.8 Å². The highest BCUT2D eigenvalue weighted by Gasteiger charge is 2.44. The summed E-state index contributed by atoms with van der Waals surface area (Å²) in [6, 6.07) is -0.181. The van der Waals surface area contributed by atoms with Crippen molar-refractivity contribution in [2.24, 2.45) is 11.8 Å². The van der Waals surface area contributed by atoms with Crippen LogP contribution < -0.4 is 0 Å². The third-order valence-electron chi connectivity index (χ3n) is 6.41. The molecule has 2 fully saturated rings. The third kappa shape index (κ3) is 4.17. The number of nitrogens with zero attached hydrogens (tertiary/aromatic N) is 2. The number of aliphatic carboxylic acids is 1. The zero-order valence-electron chi connectivity index (χ0n) is 15.3. The molecule has 0 saturated heterocycles. The third-order valence-corrected chi connectivity index (χ3v) is 7.43. The van der Waals surface area contributed by atoms with E-state index in [9.17, 15) is 17.8 Å². The van der Waals surface area contributed by atoms with Gasteiger partial charge in [-0.05, 0) is 44.4 Å². The van der Waals surface area contributed by atoms with Gasteiger partial charge in [0.05, 0.1) is 0 Å². The van der Waals surface area contributed by atoms with E-state index >= 15 is 0 Å². The molecule has 2 aliphatic carbocycles. The summed E-state index contributed by atoms with van der Waals surface area (Å²) in [6.07, 6.45) is 11.8. The van der Waals surface area contributed by atoms with Crippen molar-refractivity contribution in [1.82, 2.24) is 9.80 Å². The maximum Gasteiger partial charge on any atom is 0.306 e. The maximum absolute atomic E-state index is 12.1. The van der Waals surface area contributed by atoms with Gasteiger partial charge in [0.1, 0.15) is 0 Å². The van der Waals surface area contributed by atoms with Crippen molar-refractivity contribution in [3.8, 4) is 0 Å². The van der Waals surface area contributed by atoms with Crippen molar-refractivity contribution in [2.45, 2.75) is 82.3 Å². The van der Waals surface area contributed by atoms with Gasteiger partial charge in [-0.2, -0.15) is 8.42 Å². The quantitative estimate of drug-likeness (QED) is 0.677. The Morgan fingerprint density at radius 3 is 2.50 bits per heavy atom. The normalized spacial score (nSPS) is 33.2. The van der Waals surface area contributed by atoms with Gasteiger partial charge in [0.25, 0.3) is 0 Å². The highest BCUT2D eigenvalue weighted by atomic mass is 32.2. The van der Waals surface area contributed by atoms with Gasteiger partial charge in [0.2, 0.25) is 5.50 Å². The molecule has 0 aromatic rings. The van der Waals surface area contributed by atoms with Crippen LogP contribution in [0.15, 0.2) is 12.4 Å². The molecule has 5 atom stereocenters. The van der Waals surface area contributed by atoms with E-state index in [2.05, 4.69) is 0 Å². The van der Waals surface area contributed by atoms with Gasteiger partial charge in [0, 0.05) is 30.9 Å². The number of rotatable bonds is 6. The molecular formula is C18H30N2O5S. The molecule has 2 saturated carbocycles. The van der Waals surface area contributed by atoms with Gasteiger partial charge in [-0.25, -0.2) is 0 Å². The number of fused-ring (bicyclic) bond motifs is 1. The number of hydrogen-bond donors (Lipinski definition) is 2. The van der Waals surface area contributed by atoms with Crippen molar-refractivity contribution < 1.29 is 22.9 Å². The average Bonchev–Trinajstić information content (AvgIpc) is 3.04. The van der Waals surface area contributed by atoms with E-state index in [0.717, 1.165) is 25.2 Å². The Morgan fingerprint density at radius 2 is 1.85 bits per heavy atom. The van der Waals surface area contributed by atoms with E-state index in [0.29, 0.717) is 12.3 Å². The summed E-state index contributed by atoms with van der Waals surface area (Å²) in [5.41, 5.74) is -1.14. The smallest absolute Gasteiger partial charge is 0.306 e. The highest BCUT2D eigenvalue weighted by molar-refractivity contribution is 7.86. The SMILES string of the molecule is CC(CCC(=O)O)N1C=CN(C2CCC3CCCCC3C2)C1S(=O)(=O)O. The van der Waals surface area contributed by atoms with Crippen molar-refractivity contribution in [2.75, 3.05) is 0 Å². The van der Waals surface area contributed by atoms with Crippen molar-refractivity contribution >= 4 is 16.1 Å². The first-order valence-corrected chi connectivity index (χ1v) is 11.2. The minimum atomic E-state index is -4.32. The van der Waals surface area contributed by atoms with Crippen LogP contribution in [0.5, 0.6) is 0 Å². The summed E-state index contributed by atoms with van der Waals surface area (Å²) >= 11 is 0. The second-order valence-electron chi connectivity index (χ2n) is 8.09. The second kappa shape index (κ2) is 7.76. The minimum absolute atomic E-state index is 0.0309. The molecule has 0 spiro atoms. The molecular weight excluding hydrogens is 356 g/mol. The zero-order valence-corrected chi connectivity index (χ0v) is 16.1. The van der Waals surface area contributed by atoms with E-state index in [1.54, 1.807) is 29.1 Å². The molecule has 3 rings (SSSR count). The fourth-order valence-electron chi connectivity index (χ4n) is 5.03. The molecule has 0 aromatic heterocycles. The first-order valence-electron chi connectivity index (χ1n) is 9.68. The molecule has 2 N–H and O–H groups in total. The lowest BCUT2D eigenvalue weighted by molar-refractivity contribution is -0.137. The van der Waals surface area contributed by atoms with Gasteiger partial charge in [0.15, 0.2) is 0 Å². The number of carboxylic acid groups (broad SMARTS) is 1. The van der Waals surface area contributed by atoms with Crippen LogP contribution in [-0.2, 0) is 14.9 Å². The van der Waals surface area contributed by atoms with Gasteiger partial charge in [-0.15, -0.1) is 0 Å². The monoisotopic (exact) mass is 386 g/mol. The average molecular weight is 387 g/mol. The summed E-state index contributed by atoms with van der Waals surface area (Å²) in [7, 11) is -4.32. The molecule has 1 heterocycles.